The Kier molecular flexibility index (Phi) is 7.28. The number of nitrogens with zero attached hydrogens (tertiary/aromatic N) is 2. The highest BCUT2D eigenvalue weighted by Crippen LogP contribution is 2.28. The van der Waals surface area contributed by atoms with Crippen LogP contribution in [0.15, 0.2) is 29.2 Å². The number of aromatic nitrogens is 4. The Labute approximate surface area is 170 Å². The van der Waals surface area contributed by atoms with E-state index in [2.05, 4.69) is 25.5 Å². The maximum absolute atomic E-state index is 11.4. The molecule has 12 heteroatoms. The molecule has 1 aliphatic heterocycles. The number of carbonyl (C=O) groups is 2. The van der Waals surface area contributed by atoms with Crippen molar-refractivity contribution in [1.82, 2.24) is 20.2 Å². The summed E-state index contributed by atoms with van der Waals surface area (Å²) < 4.78 is 9.88. The average Bonchev–Trinajstić information content (AvgIpc) is 3.17. The predicted molar refractivity (Wildman–Crippen MR) is 106 cm³/mol. The maximum Gasteiger partial charge on any atom is 0.374 e. The third-order valence-corrected chi connectivity index (χ3v) is 3.70. The Balaban J connectivity index is 0.000000202. The van der Waals surface area contributed by atoms with E-state index in [1.54, 1.807) is 6.92 Å². The van der Waals surface area contributed by atoms with Gasteiger partial charge in [0.25, 0.3) is 11.5 Å². The predicted octanol–water partition coefficient (Wildman–Crippen LogP) is 0.721. The second kappa shape index (κ2) is 9.66. The molecule has 0 unspecified atom stereocenters. The number of ether oxygens (including phenoxy) is 2. The summed E-state index contributed by atoms with van der Waals surface area (Å²) in [4.78, 5) is 39.8. The second-order valence-corrected chi connectivity index (χ2v) is 5.64. The van der Waals surface area contributed by atoms with E-state index in [4.69, 9.17) is 15.2 Å². The van der Waals surface area contributed by atoms with Crippen LogP contribution in [0.3, 0.4) is 0 Å². The number of nitrogens with one attached hydrogen (secondary N) is 3. The van der Waals surface area contributed by atoms with Crippen molar-refractivity contribution >= 4 is 41.0 Å². The smallest absolute Gasteiger partial charge is 0.374 e. The van der Waals surface area contributed by atoms with E-state index in [1.165, 1.54) is 6.20 Å². The van der Waals surface area contributed by atoms with E-state index in [0.29, 0.717) is 23.4 Å². The first kappa shape index (κ1) is 21.9. The van der Waals surface area contributed by atoms with Crippen LogP contribution in [0.1, 0.15) is 23.1 Å². The van der Waals surface area contributed by atoms with Crippen molar-refractivity contribution < 1.29 is 19.1 Å². The van der Waals surface area contributed by atoms with Crippen LogP contribution in [0, 0.1) is 0 Å². The summed E-state index contributed by atoms with van der Waals surface area (Å²) in [6.07, 6.45) is 1.34. The molecule has 2 aromatic heterocycles. The van der Waals surface area contributed by atoms with Crippen LogP contribution < -0.4 is 21.3 Å². The van der Waals surface area contributed by atoms with Gasteiger partial charge in [-0.05, 0) is 24.6 Å². The number of nitrogens with two attached hydrogens (primary N) is 1. The van der Waals surface area contributed by atoms with Gasteiger partial charge in [-0.25, -0.2) is 9.78 Å². The van der Waals surface area contributed by atoms with Gasteiger partial charge in [-0.15, -0.1) is 12.4 Å². The zero-order valence-corrected chi connectivity index (χ0v) is 16.2. The van der Waals surface area contributed by atoms with Crippen LogP contribution in [0.4, 0.5) is 5.69 Å². The van der Waals surface area contributed by atoms with Crippen molar-refractivity contribution in [3.05, 3.63) is 46.1 Å². The Hall–Kier alpha value is -3.44. The number of aromatic amines is 2. The summed E-state index contributed by atoms with van der Waals surface area (Å²) in [7, 11) is 0. The highest BCUT2D eigenvalue weighted by molar-refractivity contribution is 5.95. The van der Waals surface area contributed by atoms with E-state index in [9.17, 15) is 14.4 Å². The SMILES string of the molecule is CCOC(=O)c1nc2[nH]ncc2c(=O)[nH]1.Cl.NCc1ccc2c(c1)NC(=O)CO2. The zero-order valence-electron chi connectivity index (χ0n) is 15.4. The summed E-state index contributed by atoms with van der Waals surface area (Å²) in [5.41, 5.74) is 6.99. The van der Waals surface area contributed by atoms with Gasteiger partial charge in [0.05, 0.1) is 18.5 Å². The van der Waals surface area contributed by atoms with E-state index in [-0.39, 0.29) is 43.0 Å². The number of fused-ring (bicyclic) bond motifs is 2. The number of anilines is 1. The first-order chi connectivity index (χ1) is 13.5. The molecule has 11 nitrogen and oxygen atoms in total. The molecule has 1 aliphatic rings. The van der Waals surface area contributed by atoms with Crippen LogP contribution in [-0.4, -0.2) is 45.3 Å². The van der Waals surface area contributed by atoms with Gasteiger partial charge in [0, 0.05) is 6.54 Å². The van der Waals surface area contributed by atoms with E-state index >= 15 is 0 Å². The summed E-state index contributed by atoms with van der Waals surface area (Å²) in [5, 5.41) is 9.18. The molecule has 0 saturated heterocycles. The van der Waals surface area contributed by atoms with Crippen molar-refractivity contribution in [2.75, 3.05) is 18.5 Å². The minimum Gasteiger partial charge on any atom is -0.482 e. The largest absolute Gasteiger partial charge is 0.482 e. The molecule has 0 atom stereocenters. The van der Waals surface area contributed by atoms with Crippen LogP contribution in [0.2, 0.25) is 0 Å². The molecule has 1 aromatic carbocycles. The van der Waals surface area contributed by atoms with E-state index in [1.807, 2.05) is 18.2 Å². The molecule has 3 aromatic rings. The van der Waals surface area contributed by atoms with Crippen molar-refractivity contribution in [2.24, 2.45) is 5.73 Å². The Bertz CT molecular complexity index is 1080. The van der Waals surface area contributed by atoms with Crippen LogP contribution in [-0.2, 0) is 16.1 Å². The first-order valence-corrected chi connectivity index (χ1v) is 8.38. The zero-order chi connectivity index (χ0) is 20.1. The van der Waals surface area contributed by atoms with Gasteiger partial charge in [0.15, 0.2) is 12.3 Å². The highest BCUT2D eigenvalue weighted by atomic mass is 35.5. The second-order valence-electron chi connectivity index (χ2n) is 5.64. The fourth-order valence-electron chi connectivity index (χ4n) is 2.40. The Morgan fingerprint density at radius 2 is 2.14 bits per heavy atom. The number of esters is 1. The van der Waals surface area contributed by atoms with Gasteiger partial charge in [-0.3, -0.25) is 14.7 Å². The minimum atomic E-state index is -0.661. The fraction of sp³-hybridized carbons (Fsp3) is 0.235. The summed E-state index contributed by atoms with van der Waals surface area (Å²) >= 11 is 0. The molecule has 0 saturated carbocycles. The third kappa shape index (κ3) is 5.09. The molecular weight excluding hydrogens is 404 g/mol. The van der Waals surface area contributed by atoms with Crippen LogP contribution in [0.5, 0.6) is 5.75 Å². The van der Waals surface area contributed by atoms with Gasteiger partial charge in [-0.1, -0.05) is 6.07 Å². The van der Waals surface area contributed by atoms with Crippen molar-refractivity contribution in [3.8, 4) is 5.75 Å². The molecule has 0 aliphatic carbocycles. The molecule has 1 amide bonds. The minimum absolute atomic E-state index is 0. The van der Waals surface area contributed by atoms with Gasteiger partial charge < -0.3 is 25.5 Å². The average molecular weight is 423 g/mol. The van der Waals surface area contributed by atoms with Crippen LogP contribution >= 0.6 is 12.4 Å². The lowest BCUT2D eigenvalue weighted by Gasteiger charge is -2.18. The fourth-order valence-corrected chi connectivity index (χ4v) is 2.40. The van der Waals surface area contributed by atoms with Crippen molar-refractivity contribution in [1.29, 1.82) is 0 Å². The number of benzene rings is 1. The maximum atomic E-state index is 11.4. The number of carbonyl (C=O) groups excluding carboxylic acids is 2. The molecule has 0 radical (unpaired) electrons. The van der Waals surface area contributed by atoms with Gasteiger partial charge >= 0.3 is 5.97 Å². The van der Waals surface area contributed by atoms with Gasteiger partial charge in [-0.2, -0.15) is 5.10 Å². The van der Waals surface area contributed by atoms with E-state index in [0.717, 1.165) is 5.56 Å². The molecule has 4 rings (SSSR count). The number of rotatable bonds is 3. The molecule has 154 valence electrons. The normalized spacial score (nSPS) is 11.9. The quantitative estimate of drug-likeness (QED) is 0.448. The lowest BCUT2D eigenvalue weighted by molar-refractivity contribution is -0.118. The number of halogens is 1. The summed E-state index contributed by atoms with van der Waals surface area (Å²) in [5.74, 6) is -0.205. The Morgan fingerprint density at radius 1 is 1.34 bits per heavy atom. The first-order valence-electron chi connectivity index (χ1n) is 8.38. The number of hydrogen-bond acceptors (Lipinski definition) is 8. The lowest BCUT2D eigenvalue weighted by Crippen LogP contribution is -2.25. The molecule has 0 spiro atoms. The van der Waals surface area contributed by atoms with Gasteiger partial charge in [0.1, 0.15) is 11.1 Å². The molecule has 3 heterocycles. The molecule has 0 fully saturated rings. The topological polar surface area (TPSA) is 165 Å². The summed E-state index contributed by atoms with van der Waals surface area (Å²) in [6.45, 7) is 2.45. The molecule has 29 heavy (non-hydrogen) atoms. The monoisotopic (exact) mass is 422 g/mol. The molecule has 0 bridgehead atoms. The number of amides is 1. The van der Waals surface area contributed by atoms with Gasteiger partial charge in [0.2, 0.25) is 5.82 Å². The molecular formula is C17H19ClN6O5. The van der Waals surface area contributed by atoms with Crippen molar-refractivity contribution in [2.45, 2.75) is 13.5 Å². The lowest BCUT2D eigenvalue weighted by atomic mass is 10.1. The molecule has 5 N–H and O–H groups in total. The van der Waals surface area contributed by atoms with E-state index < -0.39 is 11.5 Å². The standard InChI is InChI=1S/C9H10N2O2.C8H8N4O3.ClH/c10-4-6-1-2-8-7(3-6)11-9(12)5-13-8;1-2-15-8(14)6-10-5-4(3-9-12-5)7(13)11-6;/h1-3H,4-5,10H2,(H,11,12);3H,2H2,1H3,(H2,9,10,11,12,13);1H. The summed E-state index contributed by atoms with van der Waals surface area (Å²) in [6, 6.07) is 5.53. The van der Waals surface area contributed by atoms with Crippen molar-refractivity contribution in [3.63, 3.8) is 0 Å². The number of H-pyrrole nitrogens is 2. The third-order valence-electron chi connectivity index (χ3n) is 3.70. The van der Waals surface area contributed by atoms with Crippen LogP contribution in [0.25, 0.3) is 11.0 Å². The highest BCUT2D eigenvalue weighted by Gasteiger charge is 2.15. The number of hydrogen-bond donors (Lipinski definition) is 4. The Morgan fingerprint density at radius 3 is 2.86 bits per heavy atom.